The van der Waals surface area contributed by atoms with Gasteiger partial charge in [-0.15, -0.1) is 0 Å². The Balaban J connectivity index is 1.78. The lowest BCUT2D eigenvalue weighted by atomic mass is 9.32. The average molecular weight is 366 g/mol. The molecule has 0 aliphatic carbocycles. The first-order valence-corrected chi connectivity index (χ1v) is 10.0. The summed E-state index contributed by atoms with van der Waals surface area (Å²) in [6.07, 6.45) is 0.965. The van der Waals surface area contributed by atoms with Crippen molar-refractivity contribution < 1.29 is 0 Å². The molecule has 2 aliphatic heterocycles. The van der Waals surface area contributed by atoms with E-state index in [2.05, 4.69) is 77.4 Å². The van der Waals surface area contributed by atoms with Crippen LogP contribution < -0.4 is 16.4 Å². The number of aromatic nitrogens is 1. The van der Waals surface area contributed by atoms with E-state index in [0.717, 1.165) is 22.9 Å². The normalized spacial score (nSPS) is 13.3. The third-order valence-corrected chi connectivity index (χ3v) is 6.73. The van der Waals surface area contributed by atoms with E-state index < -0.39 is 0 Å². The number of hydrogen-bond donors (Lipinski definition) is 0. The molecule has 0 spiro atoms. The SMILES string of the molecule is N#Cc1cccc2c3ccc4c5c3n(c12)-c1ccccc1B5c1ccccc1C4. The van der Waals surface area contributed by atoms with Gasteiger partial charge in [-0.1, -0.05) is 72.2 Å². The summed E-state index contributed by atoms with van der Waals surface area (Å²) in [5.74, 6) is 0. The maximum absolute atomic E-state index is 9.85. The number of para-hydroxylation sites is 2. The summed E-state index contributed by atoms with van der Waals surface area (Å²) in [5.41, 5.74) is 11.2. The van der Waals surface area contributed by atoms with Crippen molar-refractivity contribution in [2.24, 2.45) is 0 Å². The number of hydrogen-bond acceptors (Lipinski definition) is 1. The first kappa shape index (κ1) is 15.2. The number of nitriles is 1. The number of rotatable bonds is 0. The van der Waals surface area contributed by atoms with Crippen molar-refractivity contribution in [3.63, 3.8) is 0 Å². The Labute approximate surface area is 168 Å². The minimum absolute atomic E-state index is 0.247. The molecule has 7 rings (SSSR count). The average Bonchev–Trinajstić information content (AvgIpc) is 3.13. The van der Waals surface area contributed by atoms with Crippen LogP contribution in [0.4, 0.5) is 0 Å². The lowest BCUT2D eigenvalue weighted by Gasteiger charge is -2.33. The summed E-state index contributed by atoms with van der Waals surface area (Å²) < 4.78 is 2.35. The minimum Gasteiger partial charge on any atom is -0.309 e. The molecule has 5 aromatic rings. The van der Waals surface area contributed by atoms with Crippen LogP contribution in [0, 0.1) is 11.3 Å². The zero-order valence-electron chi connectivity index (χ0n) is 15.7. The quantitative estimate of drug-likeness (QED) is 0.378. The van der Waals surface area contributed by atoms with Crippen molar-refractivity contribution in [3.05, 3.63) is 95.6 Å². The molecule has 0 fully saturated rings. The van der Waals surface area contributed by atoms with E-state index >= 15 is 0 Å². The summed E-state index contributed by atoms with van der Waals surface area (Å²) in [7, 11) is 0. The fraction of sp³-hybridized carbons (Fsp3) is 0.0385. The maximum atomic E-state index is 9.85. The first-order valence-electron chi connectivity index (χ1n) is 10.0. The Kier molecular flexibility index (Phi) is 2.72. The lowest BCUT2D eigenvalue weighted by molar-refractivity contribution is 1.16. The second kappa shape index (κ2) is 5.18. The van der Waals surface area contributed by atoms with E-state index in [1.54, 1.807) is 0 Å². The van der Waals surface area contributed by atoms with Gasteiger partial charge in [0.15, 0.2) is 0 Å². The summed E-state index contributed by atoms with van der Waals surface area (Å²) in [6.45, 7) is 0.247. The van der Waals surface area contributed by atoms with Crippen LogP contribution in [0.3, 0.4) is 0 Å². The molecule has 0 atom stereocenters. The topological polar surface area (TPSA) is 28.7 Å². The fourth-order valence-electron chi connectivity index (χ4n) is 5.62. The van der Waals surface area contributed by atoms with Gasteiger partial charge >= 0.3 is 0 Å². The number of nitrogens with zero attached hydrogens (tertiary/aromatic N) is 2. The van der Waals surface area contributed by atoms with E-state index in [0.29, 0.717) is 0 Å². The van der Waals surface area contributed by atoms with E-state index in [4.69, 9.17) is 0 Å². The van der Waals surface area contributed by atoms with Gasteiger partial charge in [-0.3, -0.25) is 0 Å². The minimum atomic E-state index is 0.247. The molecular weight excluding hydrogens is 351 g/mol. The number of fused-ring (bicyclic) bond motifs is 8. The molecule has 132 valence electrons. The monoisotopic (exact) mass is 366 g/mol. The predicted octanol–water partition coefficient (Wildman–Crippen LogP) is 3.39. The van der Waals surface area contributed by atoms with Crippen molar-refractivity contribution in [2.75, 3.05) is 0 Å². The Hall–Kier alpha value is -3.77. The molecule has 0 amide bonds. The highest BCUT2D eigenvalue weighted by Gasteiger charge is 2.38. The molecule has 0 N–H and O–H groups in total. The Morgan fingerprint density at radius 2 is 1.52 bits per heavy atom. The van der Waals surface area contributed by atoms with Crippen LogP contribution in [0.5, 0.6) is 0 Å². The highest BCUT2D eigenvalue weighted by molar-refractivity contribution is 6.98. The molecule has 0 saturated heterocycles. The third-order valence-electron chi connectivity index (χ3n) is 6.73. The zero-order valence-corrected chi connectivity index (χ0v) is 15.7. The molecule has 2 aliphatic rings. The van der Waals surface area contributed by atoms with E-state index in [-0.39, 0.29) is 6.71 Å². The first-order chi connectivity index (χ1) is 14.4. The molecule has 29 heavy (non-hydrogen) atoms. The number of benzene rings is 4. The molecule has 0 bridgehead atoms. The van der Waals surface area contributed by atoms with Gasteiger partial charge in [-0.2, -0.15) is 5.26 Å². The molecule has 0 radical (unpaired) electrons. The fourth-order valence-corrected chi connectivity index (χ4v) is 5.62. The molecule has 3 heterocycles. The maximum Gasteiger partial charge on any atom is 0.247 e. The summed E-state index contributed by atoms with van der Waals surface area (Å²) in [6, 6.07) is 30.6. The van der Waals surface area contributed by atoms with Gasteiger partial charge in [0.05, 0.1) is 11.1 Å². The Morgan fingerprint density at radius 3 is 2.41 bits per heavy atom. The predicted molar refractivity (Wildman–Crippen MR) is 119 cm³/mol. The van der Waals surface area contributed by atoms with Crippen LogP contribution in [-0.4, -0.2) is 11.3 Å². The largest absolute Gasteiger partial charge is 0.309 e. The summed E-state index contributed by atoms with van der Waals surface area (Å²) >= 11 is 0. The second-order valence-corrected chi connectivity index (χ2v) is 8.05. The van der Waals surface area contributed by atoms with Gasteiger partial charge in [0, 0.05) is 22.0 Å². The van der Waals surface area contributed by atoms with Gasteiger partial charge in [-0.05, 0) is 40.6 Å². The van der Waals surface area contributed by atoms with Gasteiger partial charge in [0.25, 0.3) is 0 Å². The molecular formula is C26H15BN2. The molecule has 3 heteroatoms. The third kappa shape index (κ3) is 1.73. The summed E-state index contributed by atoms with van der Waals surface area (Å²) in [4.78, 5) is 0. The standard InChI is InChI=1S/C26H15BN2/c28-15-18-7-5-8-19-20-13-12-17-14-16-6-1-2-9-21(16)27-22-10-3-4-11-23(22)29(25(18)19)26(20)24(17)27/h1-13H,14H2. The molecule has 4 aromatic carbocycles. The highest BCUT2D eigenvalue weighted by atomic mass is 15.0. The van der Waals surface area contributed by atoms with Crippen LogP contribution in [0.2, 0.25) is 0 Å². The Bertz CT molecular complexity index is 1550. The van der Waals surface area contributed by atoms with Crippen LogP contribution >= 0.6 is 0 Å². The summed E-state index contributed by atoms with van der Waals surface area (Å²) in [5, 5.41) is 12.3. The van der Waals surface area contributed by atoms with Crippen molar-refractivity contribution in [1.82, 2.24) is 4.57 Å². The Morgan fingerprint density at radius 1 is 0.724 bits per heavy atom. The smallest absolute Gasteiger partial charge is 0.247 e. The molecule has 0 unspecified atom stereocenters. The van der Waals surface area contributed by atoms with Gasteiger partial charge in [0.2, 0.25) is 6.71 Å². The van der Waals surface area contributed by atoms with Crippen molar-refractivity contribution in [2.45, 2.75) is 6.42 Å². The second-order valence-electron chi connectivity index (χ2n) is 8.05. The highest BCUT2D eigenvalue weighted by Crippen LogP contribution is 2.36. The van der Waals surface area contributed by atoms with Gasteiger partial charge < -0.3 is 4.57 Å². The van der Waals surface area contributed by atoms with Gasteiger partial charge in [-0.25, -0.2) is 0 Å². The van der Waals surface area contributed by atoms with Crippen molar-refractivity contribution in [1.29, 1.82) is 5.26 Å². The molecule has 2 nitrogen and oxygen atoms in total. The van der Waals surface area contributed by atoms with Crippen LogP contribution in [0.1, 0.15) is 16.7 Å². The van der Waals surface area contributed by atoms with Gasteiger partial charge in [0.1, 0.15) is 6.07 Å². The van der Waals surface area contributed by atoms with Crippen molar-refractivity contribution in [3.8, 4) is 11.8 Å². The van der Waals surface area contributed by atoms with Crippen molar-refractivity contribution >= 4 is 44.9 Å². The zero-order chi connectivity index (χ0) is 19.1. The van der Waals surface area contributed by atoms with E-state index in [9.17, 15) is 5.26 Å². The van der Waals surface area contributed by atoms with Crippen LogP contribution in [-0.2, 0) is 6.42 Å². The molecule has 1 aromatic heterocycles. The molecule has 0 saturated carbocycles. The lowest BCUT2D eigenvalue weighted by Crippen LogP contribution is -2.60. The van der Waals surface area contributed by atoms with E-state index in [1.165, 1.54) is 44.1 Å². The van der Waals surface area contributed by atoms with E-state index in [1.807, 2.05) is 12.1 Å². The van der Waals surface area contributed by atoms with Crippen LogP contribution in [0.15, 0.2) is 78.9 Å². The van der Waals surface area contributed by atoms with Crippen LogP contribution in [0.25, 0.3) is 27.5 Å².